The second-order valence-corrected chi connectivity index (χ2v) is 10.2. The molecule has 0 atom stereocenters. The van der Waals surface area contributed by atoms with E-state index in [4.69, 9.17) is 24.8 Å². The third-order valence-corrected chi connectivity index (χ3v) is 6.67. The molecule has 0 aliphatic rings. The van der Waals surface area contributed by atoms with E-state index in [1.54, 1.807) is 0 Å². The molecule has 0 aromatic heterocycles. The molecule has 2 rings (SSSR count). The van der Waals surface area contributed by atoms with Gasteiger partial charge in [-0.3, -0.25) is 4.90 Å². The smallest absolute Gasteiger partial charge is 0.142 e. The van der Waals surface area contributed by atoms with Gasteiger partial charge in [-0.25, -0.2) is 0 Å². The number of allylic oxidation sites excluding steroid dienone is 8. The minimum absolute atomic E-state index is 0.477. The molecule has 0 aliphatic heterocycles. The first-order valence-corrected chi connectivity index (χ1v) is 14.7. The molecule has 0 N–H and O–H groups in total. The summed E-state index contributed by atoms with van der Waals surface area (Å²) in [6, 6.07) is 4.45. The third kappa shape index (κ3) is 7.41. The normalized spacial score (nSPS) is 12.9. The van der Waals surface area contributed by atoms with E-state index >= 15 is 0 Å². The quantitative estimate of drug-likeness (QED) is 0.225. The van der Waals surface area contributed by atoms with E-state index in [2.05, 4.69) is 142 Å². The van der Waals surface area contributed by atoms with Crippen LogP contribution in [-0.2, 0) is 0 Å². The Morgan fingerprint density at radius 2 is 0.750 bits per heavy atom. The monoisotopic (exact) mass is 565 g/mol. The van der Waals surface area contributed by atoms with Crippen LogP contribution in [0, 0.1) is 0 Å². The summed E-state index contributed by atoms with van der Waals surface area (Å²) in [6.07, 6.45) is 34.0. The average Bonchev–Trinajstić information content (AvgIpc) is 2.92. The van der Waals surface area contributed by atoms with Crippen molar-refractivity contribution < 1.29 is 0 Å². The van der Waals surface area contributed by atoms with Crippen LogP contribution in [0.3, 0.4) is 0 Å². The molecule has 2 aromatic rings. The van der Waals surface area contributed by atoms with Crippen molar-refractivity contribution in [3.05, 3.63) is 105 Å². The van der Waals surface area contributed by atoms with E-state index in [1.165, 1.54) is 11.1 Å². The van der Waals surface area contributed by atoms with E-state index in [0.29, 0.717) is 4.32 Å². The number of rotatable bonds is 10. The number of thiocarbonyl (C=S) groups is 1. The molecule has 0 unspecified atom stereocenters. The van der Waals surface area contributed by atoms with Crippen LogP contribution < -0.4 is 4.90 Å². The van der Waals surface area contributed by atoms with Crippen LogP contribution in [0.4, 0.5) is 11.4 Å². The van der Waals surface area contributed by atoms with Gasteiger partial charge in [-0.15, -0.1) is 12.6 Å². The van der Waals surface area contributed by atoms with Gasteiger partial charge in [0.25, 0.3) is 0 Å². The molecule has 0 amide bonds. The van der Waals surface area contributed by atoms with Gasteiger partial charge in [0.15, 0.2) is 0 Å². The minimum atomic E-state index is 0.477. The lowest BCUT2D eigenvalue weighted by atomic mass is 9.90. The third-order valence-electron chi connectivity index (χ3n) is 6.28. The number of thiol groups is 1. The molecule has 0 spiro atoms. The van der Waals surface area contributed by atoms with Gasteiger partial charge in [0.1, 0.15) is 4.32 Å². The first-order valence-electron chi connectivity index (χ1n) is 13.8. The molecule has 0 heterocycles. The van der Waals surface area contributed by atoms with E-state index in [-0.39, 0.29) is 0 Å². The van der Waals surface area contributed by atoms with Crippen LogP contribution in [0.15, 0.2) is 60.7 Å². The Hall–Kier alpha value is -3.40. The van der Waals surface area contributed by atoms with Crippen molar-refractivity contribution in [2.24, 2.45) is 0 Å². The lowest BCUT2D eigenvalue weighted by molar-refractivity contribution is 1.33. The summed E-state index contributed by atoms with van der Waals surface area (Å²) in [5.74, 6) is 0. The summed E-state index contributed by atoms with van der Waals surface area (Å²) < 4.78 is 0.477. The fraction of sp³-hybridized carbons (Fsp3) is 0.216. The van der Waals surface area contributed by atoms with Crippen molar-refractivity contribution >= 4 is 89.2 Å². The van der Waals surface area contributed by atoms with E-state index in [0.717, 1.165) is 44.8 Å². The Kier molecular flexibility index (Phi) is 13.7. The minimum Gasteiger partial charge on any atom is -0.295 e. The van der Waals surface area contributed by atoms with Crippen LogP contribution in [0.25, 0.3) is 48.6 Å². The van der Waals surface area contributed by atoms with Crippen LogP contribution in [-0.4, -0.2) is 4.32 Å². The molecule has 0 radical (unpaired) electrons. The Balaban J connectivity index is 3.31. The van der Waals surface area contributed by atoms with Crippen molar-refractivity contribution in [1.82, 2.24) is 0 Å². The molecule has 0 aliphatic carbocycles. The summed E-state index contributed by atoms with van der Waals surface area (Å²) in [5, 5.41) is 0. The molecule has 0 bridgehead atoms. The van der Waals surface area contributed by atoms with Crippen LogP contribution in [0.1, 0.15) is 99.9 Å². The summed E-state index contributed by atoms with van der Waals surface area (Å²) in [4.78, 5) is 2.11. The number of anilines is 2. The highest BCUT2D eigenvalue weighted by Crippen LogP contribution is 2.42. The van der Waals surface area contributed by atoms with Gasteiger partial charge in [-0.05, 0) is 101 Å². The maximum absolute atomic E-state index is 5.91. The summed E-state index contributed by atoms with van der Waals surface area (Å²) in [6.45, 7) is 16.4. The molecular weight excluding hydrogens is 523 g/mol. The summed E-state index contributed by atoms with van der Waals surface area (Å²) >= 11 is 10.7. The highest BCUT2D eigenvalue weighted by atomic mass is 32.1. The van der Waals surface area contributed by atoms with Gasteiger partial charge in [-0.1, -0.05) is 109 Å². The van der Waals surface area contributed by atoms with Gasteiger partial charge >= 0.3 is 0 Å². The number of hydrogen-bond acceptors (Lipinski definition) is 1. The maximum atomic E-state index is 5.91. The molecule has 0 fully saturated rings. The predicted octanol–water partition coefficient (Wildman–Crippen LogP) is 12.3. The zero-order chi connectivity index (χ0) is 29.7. The van der Waals surface area contributed by atoms with Crippen molar-refractivity contribution in [1.29, 1.82) is 0 Å². The fourth-order valence-corrected chi connectivity index (χ4v) is 5.32. The van der Waals surface area contributed by atoms with Crippen molar-refractivity contribution in [2.75, 3.05) is 4.90 Å². The highest BCUT2D eigenvalue weighted by Gasteiger charge is 2.24. The number of nitrogens with zero attached hydrogens (tertiary/aromatic N) is 1. The van der Waals surface area contributed by atoms with Gasteiger partial charge in [0.05, 0.1) is 11.4 Å². The summed E-state index contributed by atoms with van der Waals surface area (Å²) in [5.41, 5.74) is 11.0. The molecule has 1 nitrogen and oxygen atoms in total. The zero-order valence-corrected chi connectivity index (χ0v) is 26.9. The first-order chi connectivity index (χ1) is 19.4. The second-order valence-electron chi connectivity index (χ2n) is 9.07. The van der Waals surface area contributed by atoms with Crippen molar-refractivity contribution in [3.8, 4) is 0 Å². The summed E-state index contributed by atoms with van der Waals surface area (Å²) in [7, 11) is 0. The fourth-order valence-electron chi connectivity index (χ4n) is 4.90. The number of benzene rings is 2. The lowest BCUT2D eigenvalue weighted by Gasteiger charge is -2.30. The SMILES string of the molecule is CC=Cc1cc(N(C(=S)S)c2cc(C=CC)c(C=CC)c(C=CC)c2C=CC)c(C=CC)c(C=CC)c1C=CC. The van der Waals surface area contributed by atoms with E-state index < -0.39 is 0 Å². The van der Waals surface area contributed by atoms with Gasteiger partial charge in [0, 0.05) is 11.1 Å². The molecule has 0 saturated heterocycles. The Morgan fingerprint density at radius 3 is 1.02 bits per heavy atom. The van der Waals surface area contributed by atoms with E-state index in [9.17, 15) is 0 Å². The molecule has 2 aromatic carbocycles. The molecular formula is C37H43NS2. The zero-order valence-electron chi connectivity index (χ0n) is 25.2. The molecule has 40 heavy (non-hydrogen) atoms. The van der Waals surface area contributed by atoms with Crippen molar-refractivity contribution in [3.63, 3.8) is 0 Å². The Bertz CT molecular complexity index is 1340. The topological polar surface area (TPSA) is 3.24 Å². The largest absolute Gasteiger partial charge is 0.295 e. The average molecular weight is 566 g/mol. The van der Waals surface area contributed by atoms with Gasteiger partial charge in [-0.2, -0.15) is 0 Å². The van der Waals surface area contributed by atoms with Crippen LogP contribution >= 0.6 is 24.8 Å². The standard InChI is InChI=1S/C37H43NS2/c1-9-17-27-25-35(33(23-15-7)31(21-13-5)29(27)19-11-3)38(37(39)40)36-26-28(18-10-2)30(20-12-4)32(22-14-6)34(36)24-16-8/h9-26H,1-8H3,(H,39,40). The first kappa shape index (κ1) is 32.8. The Labute approximate surface area is 253 Å². The van der Waals surface area contributed by atoms with Crippen LogP contribution in [0.5, 0.6) is 0 Å². The predicted molar refractivity (Wildman–Crippen MR) is 194 cm³/mol. The lowest BCUT2D eigenvalue weighted by Crippen LogP contribution is -2.23. The highest BCUT2D eigenvalue weighted by molar-refractivity contribution is 8.11. The maximum Gasteiger partial charge on any atom is 0.142 e. The van der Waals surface area contributed by atoms with E-state index in [1.807, 2.05) is 27.7 Å². The Morgan fingerprint density at radius 1 is 0.475 bits per heavy atom. The van der Waals surface area contributed by atoms with Gasteiger partial charge in [0.2, 0.25) is 0 Å². The van der Waals surface area contributed by atoms with Crippen LogP contribution in [0.2, 0.25) is 0 Å². The molecule has 3 heteroatoms. The second kappa shape index (κ2) is 16.6. The van der Waals surface area contributed by atoms with Gasteiger partial charge < -0.3 is 0 Å². The van der Waals surface area contributed by atoms with Crippen molar-refractivity contribution in [2.45, 2.75) is 55.4 Å². The number of hydrogen-bond donors (Lipinski definition) is 1. The molecule has 0 saturated carbocycles. The molecule has 208 valence electrons.